The molecule has 2 aromatic rings. The number of nitro groups is 2. The fraction of sp³-hybridized carbons (Fsp3) is 0.133. The number of nitrogens with one attached hydrogen (secondary N) is 1. The third-order valence-electron chi connectivity index (χ3n) is 3.41. The summed E-state index contributed by atoms with van der Waals surface area (Å²) in [5, 5.41) is 24.4. The molecule has 0 atom stereocenters. The van der Waals surface area contributed by atoms with Gasteiger partial charge in [0.15, 0.2) is 0 Å². The van der Waals surface area contributed by atoms with Gasteiger partial charge in [0.05, 0.1) is 9.85 Å². The summed E-state index contributed by atoms with van der Waals surface area (Å²) < 4.78 is 0. The number of nitrogens with zero attached hydrogens (tertiary/aromatic N) is 2. The molecule has 0 aliphatic carbocycles. The molecule has 8 heteroatoms. The second kappa shape index (κ2) is 6.22. The first-order valence-corrected chi connectivity index (χ1v) is 6.61. The van der Waals surface area contributed by atoms with E-state index in [2.05, 4.69) is 5.32 Å². The number of hydrogen-bond donors (Lipinski definition) is 1. The molecule has 2 rings (SSSR count). The molecule has 8 nitrogen and oxygen atoms in total. The van der Waals surface area contributed by atoms with Crippen molar-refractivity contribution in [3.63, 3.8) is 0 Å². The van der Waals surface area contributed by atoms with E-state index in [0.717, 1.165) is 0 Å². The lowest BCUT2D eigenvalue weighted by molar-refractivity contribution is -0.385. The summed E-state index contributed by atoms with van der Waals surface area (Å²) in [6.45, 7) is 3.07. The third kappa shape index (κ3) is 3.31. The molecule has 0 aliphatic rings. The predicted octanol–water partition coefficient (Wildman–Crippen LogP) is 3.37. The van der Waals surface area contributed by atoms with Crippen molar-refractivity contribution in [2.75, 3.05) is 5.32 Å². The maximum absolute atomic E-state index is 12.3. The van der Waals surface area contributed by atoms with Crippen LogP contribution in [0.4, 0.5) is 17.1 Å². The molecular formula is C15H13N3O5. The van der Waals surface area contributed by atoms with E-state index in [9.17, 15) is 25.0 Å². The first-order chi connectivity index (χ1) is 10.8. The summed E-state index contributed by atoms with van der Waals surface area (Å²) in [7, 11) is 0. The normalized spacial score (nSPS) is 10.2. The Morgan fingerprint density at radius 3 is 2.26 bits per heavy atom. The smallest absolute Gasteiger partial charge is 0.274 e. The SMILES string of the molecule is Cc1ccc(NC(=O)c2cccc([N+](=O)[O-])c2C)cc1[N+](=O)[O-]. The van der Waals surface area contributed by atoms with Crippen LogP contribution in [0.25, 0.3) is 0 Å². The van der Waals surface area contributed by atoms with Gasteiger partial charge in [-0.05, 0) is 26.0 Å². The van der Waals surface area contributed by atoms with Gasteiger partial charge in [-0.2, -0.15) is 0 Å². The van der Waals surface area contributed by atoms with E-state index in [4.69, 9.17) is 0 Å². The maximum atomic E-state index is 12.3. The molecule has 2 aromatic carbocycles. The lowest BCUT2D eigenvalue weighted by Gasteiger charge is -2.08. The fourth-order valence-electron chi connectivity index (χ4n) is 2.15. The zero-order chi connectivity index (χ0) is 17.1. The van der Waals surface area contributed by atoms with Crippen molar-refractivity contribution < 1.29 is 14.6 Å². The second-order valence-electron chi connectivity index (χ2n) is 4.92. The molecule has 1 N–H and O–H groups in total. The Hall–Kier alpha value is -3.29. The topological polar surface area (TPSA) is 115 Å². The van der Waals surface area contributed by atoms with Gasteiger partial charge in [-0.1, -0.05) is 12.1 Å². The van der Waals surface area contributed by atoms with Gasteiger partial charge in [-0.25, -0.2) is 0 Å². The summed E-state index contributed by atoms with van der Waals surface area (Å²) >= 11 is 0. The van der Waals surface area contributed by atoms with Crippen LogP contribution in [0.2, 0.25) is 0 Å². The Kier molecular flexibility index (Phi) is 4.35. The molecule has 0 aromatic heterocycles. The number of hydrogen-bond acceptors (Lipinski definition) is 5. The fourth-order valence-corrected chi connectivity index (χ4v) is 2.15. The Morgan fingerprint density at radius 1 is 1.00 bits per heavy atom. The molecule has 0 unspecified atom stereocenters. The highest BCUT2D eigenvalue weighted by molar-refractivity contribution is 6.06. The van der Waals surface area contributed by atoms with E-state index in [1.165, 1.54) is 43.3 Å². The van der Waals surface area contributed by atoms with Gasteiger partial charge < -0.3 is 5.32 Å². The van der Waals surface area contributed by atoms with Crippen LogP contribution < -0.4 is 5.32 Å². The van der Waals surface area contributed by atoms with E-state index in [1.807, 2.05) is 0 Å². The third-order valence-corrected chi connectivity index (χ3v) is 3.41. The molecule has 0 aliphatic heterocycles. The number of amides is 1. The van der Waals surface area contributed by atoms with E-state index in [0.29, 0.717) is 5.56 Å². The Labute approximate surface area is 131 Å². The molecule has 0 radical (unpaired) electrons. The molecule has 0 saturated carbocycles. The van der Waals surface area contributed by atoms with Crippen molar-refractivity contribution >= 4 is 23.0 Å². The van der Waals surface area contributed by atoms with E-state index < -0.39 is 15.8 Å². The lowest BCUT2D eigenvalue weighted by atomic mass is 10.1. The van der Waals surface area contributed by atoms with Gasteiger partial charge in [0, 0.05) is 34.5 Å². The summed E-state index contributed by atoms with van der Waals surface area (Å²) in [6, 6.07) is 8.49. The van der Waals surface area contributed by atoms with Crippen molar-refractivity contribution in [2.24, 2.45) is 0 Å². The molecule has 0 saturated heterocycles. The minimum atomic E-state index is -0.567. The second-order valence-corrected chi connectivity index (χ2v) is 4.92. The first kappa shape index (κ1) is 16.1. The molecule has 0 bridgehead atoms. The Bertz CT molecular complexity index is 817. The van der Waals surface area contributed by atoms with Crippen LogP contribution in [-0.2, 0) is 0 Å². The number of benzene rings is 2. The van der Waals surface area contributed by atoms with Crippen LogP contribution >= 0.6 is 0 Å². The van der Waals surface area contributed by atoms with E-state index in [-0.39, 0.29) is 28.2 Å². The number of carbonyl (C=O) groups excluding carboxylic acids is 1. The van der Waals surface area contributed by atoms with Crippen molar-refractivity contribution in [1.82, 2.24) is 0 Å². The van der Waals surface area contributed by atoms with Gasteiger partial charge in [0.25, 0.3) is 17.3 Å². The molecule has 118 valence electrons. The van der Waals surface area contributed by atoms with Crippen LogP contribution in [0.5, 0.6) is 0 Å². The number of rotatable bonds is 4. The van der Waals surface area contributed by atoms with Crippen molar-refractivity contribution in [2.45, 2.75) is 13.8 Å². The Morgan fingerprint density at radius 2 is 1.65 bits per heavy atom. The summed E-state index contributed by atoms with van der Waals surface area (Å²) in [6.07, 6.45) is 0. The quantitative estimate of drug-likeness (QED) is 0.686. The summed E-state index contributed by atoms with van der Waals surface area (Å²) in [4.78, 5) is 33.0. The standard InChI is InChI=1S/C15H13N3O5/c1-9-6-7-11(8-14(9)18(22)23)16-15(19)12-4-3-5-13(10(12)2)17(20)21/h3-8H,1-2H3,(H,16,19). The number of aryl methyl sites for hydroxylation is 1. The lowest BCUT2D eigenvalue weighted by Crippen LogP contribution is -2.14. The Balaban J connectivity index is 2.33. The largest absolute Gasteiger partial charge is 0.322 e. The highest BCUT2D eigenvalue weighted by Crippen LogP contribution is 2.25. The van der Waals surface area contributed by atoms with Crippen molar-refractivity contribution in [3.8, 4) is 0 Å². The number of nitro benzene ring substituents is 2. The van der Waals surface area contributed by atoms with Crippen LogP contribution in [0.15, 0.2) is 36.4 Å². The van der Waals surface area contributed by atoms with Gasteiger partial charge in [0.2, 0.25) is 0 Å². The monoisotopic (exact) mass is 315 g/mol. The molecule has 0 spiro atoms. The van der Waals surface area contributed by atoms with Crippen LogP contribution in [0, 0.1) is 34.1 Å². The van der Waals surface area contributed by atoms with Crippen LogP contribution in [0.1, 0.15) is 21.5 Å². The van der Waals surface area contributed by atoms with Crippen LogP contribution in [0.3, 0.4) is 0 Å². The van der Waals surface area contributed by atoms with Crippen molar-refractivity contribution in [3.05, 3.63) is 73.3 Å². The van der Waals surface area contributed by atoms with E-state index in [1.54, 1.807) is 6.92 Å². The average Bonchev–Trinajstić information content (AvgIpc) is 2.48. The first-order valence-electron chi connectivity index (χ1n) is 6.61. The molecule has 1 amide bonds. The van der Waals surface area contributed by atoms with E-state index >= 15 is 0 Å². The summed E-state index contributed by atoms with van der Waals surface area (Å²) in [5.41, 5.74) is 0.822. The van der Waals surface area contributed by atoms with Gasteiger partial charge in [-0.15, -0.1) is 0 Å². The minimum absolute atomic E-state index is 0.112. The molecule has 0 fully saturated rings. The zero-order valence-electron chi connectivity index (χ0n) is 12.4. The van der Waals surface area contributed by atoms with Crippen molar-refractivity contribution in [1.29, 1.82) is 0 Å². The average molecular weight is 315 g/mol. The minimum Gasteiger partial charge on any atom is -0.322 e. The highest BCUT2D eigenvalue weighted by Gasteiger charge is 2.19. The maximum Gasteiger partial charge on any atom is 0.274 e. The summed E-state index contributed by atoms with van der Waals surface area (Å²) in [5.74, 6) is -0.565. The molecule has 0 heterocycles. The number of carbonyl (C=O) groups is 1. The molecule has 23 heavy (non-hydrogen) atoms. The van der Waals surface area contributed by atoms with Crippen LogP contribution in [-0.4, -0.2) is 15.8 Å². The van der Waals surface area contributed by atoms with Gasteiger partial charge in [-0.3, -0.25) is 25.0 Å². The van der Waals surface area contributed by atoms with Gasteiger partial charge in [0.1, 0.15) is 0 Å². The number of anilines is 1. The molecular weight excluding hydrogens is 302 g/mol. The highest BCUT2D eigenvalue weighted by atomic mass is 16.6. The van der Waals surface area contributed by atoms with Gasteiger partial charge >= 0.3 is 0 Å². The zero-order valence-corrected chi connectivity index (χ0v) is 12.4. The predicted molar refractivity (Wildman–Crippen MR) is 83.6 cm³/mol.